The molecule has 2 aromatic rings. The number of carboxylic acids is 1. The van der Waals surface area contributed by atoms with Crippen molar-refractivity contribution in [1.29, 1.82) is 0 Å². The number of hydrogen-bond donors (Lipinski definition) is 2. The number of nitrogens with one attached hydrogen (secondary N) is 1. The smallest absolute Gasteiger partial charge is 0.464 e. The van der Waals surface area contributed by atoms with Crippen LogP contribution in [0.2, 0.25) is 0 Å². The molecular formula is C21H17F2N2O5S+. The molecule has 160 valence electrons. The van der Waals surface area contributed by atoms with Crippen molar-refractivity contribution in [2.75, 3.05) is 13.1 Å². The molecule has 2 aliphatic rings. The number of carbonyl (C=O) groups excluding carboxylic acids is 2. The highest BCUT2D eigenvalue weighted by Crippen LogP contribution is 2.50. The van der Waals surface area contributed by atoms with E-state index in [0.29, 0.717) is 5.56 Å². The SMILES string of the molecule is O=[S+][C@@H]1C[C@@H](C(=O)O)N(C(=O)CNC(=O)c2ccc3c(c2)-c2ccccc2C3(F)F)C1. The Morgan fingerprint density at radius 3 is 2.55 bits per heavy atom. The first-order chi connectivity index (χ1) is 14.7. The normalized spacial score (nSPS) is 20.6. The van der Waals surface area contributed by atoms with Gasteiger partial charge in [-0.05, 0) is 23.3 Å². The van der Waals surface area contributed by atoms with Gasteiger partial charge in [0.15, 0.2) is 0 Å². The van der Waals surface area contributed by atoms with Gasteiger partial charge in [-0.15, -0.1) is 0 Å². The minimum Gasteiger partial charge on any atom is -0.480 e. The van der Waals surface area contributed by atoms with Gasteiger partial charge in [0.1, 0.15) is 6.04 Å². The third kappa shape index (κ3) is 3.56. The van der Waals surface area contributed by atoms with Crippen LogP contribution in [0.15, 0.2) is 42.5 Å². The third-order valence-corrected chi connectivity index (χ3v) is 6.19. The van der Waals surface area contributed by atoms with Crippen LogP contribution >= 0.6 is 0 Å². The molecular weight excluding hydrogens is 430 g/mol. The molecule has 0 bridgehead atoms. The van der Waals surface area contributed by atoms with Crippen LogP contribution in [0, 0.1) is 0 Å². The summed E-state index contributed by atoms with van der Waals surface area (Å²) in [7, 11) is 0. The number of rotatable bonds is 5. The summed E-state index contributed by atoms with van der Waals surface area (Å²) in [6, 6.07) is 8.76. The molecule has 2 amide bonds. The van der Waals surface area contributed by atoms with Gasteiger partial charge in [0, 0.05) is 27.3 Å². The molecule has 0 aromatic heterocycles. The van der Waals surface area contributed by atoms with Gasteiger partial charge >= 0.3 is 17.6 Å². The first-order valence-electron chi connectivity index (χ1n) is 9.45. The Morgan fingerprint density at radius 2 is 1.84 bits per heavy atom. The molecule has 0 radical (unpaired) electrons. The molecule has 1 aliphatic carbocycles. The van der Waals surface area contributed by atoms with Crippen LogP contribution in [0.5, 0.6) is 0 Å². The van der Waals surface area contributed by atoms with Crippen molar-refractivity contribution in [3.63, 3.8) is 0 Å². The largest absolute Gasteiger partial charge is 0.480 e. The fourth-order valence-electron chi connectivity index (χ4n) is 4.06. The highest BCUT2D eigenvalue weighted by molar-refractivity contribution is 7.66. The van der Waals surface area contributed by atoms with E-state index >= 15 is 0 Å². The van der Waals surface area contributed by atoms with E-state index in [1.54, 1.807) is 12.1 Å². The van der Waals surface area contributed by atoms with Crippen molar-refractivity contribution in [2.45, 2.75) is 23.6 Å². The van der Waals surface area contributed by atoms with Crippen molar-refractivity contribution in [2.24, 2.45) is 0 Å². The lowest BCUT2D eigenvalue weighted by molar-refractivity contribution is -0.147. The minimum absolute atomic E-state index is 0.00938. The number of halogens is 2. The fraction of sp³-hybridized carbons (Fsp3) is 0.286. The van der Waals surface area contributed by atoms with E-state index in [1.165, 1.54) is 30.3 Å². The topological polar surface area (TPSA) is 104 Å². The summed E-state index contributed by atoms with van der Waals surface area (Å²) in [6.45, 7) is -0.479. The number of hydrogen-bond acceptors (Lipinski definition) is 4. The Balaban J connectivity index is 1.49. The van der Waals surface area contributed by atoms with E-state index in [0.717, 1.165) is 4.90 Å². The van der Waals surface area contributed by atoms with Gasteiger partial charge in [0.2, 0.25) is 5.91 Å². The number of nitrogens with zero attached hydrogens (tertiary/aromatic N) is 1. The number of aliphatic carboxylic acids is 1. The quantitative estimate of drug-likeness (QED) is 0.683. The van der Waals surface area contributed by atoms with Crippen molar-refractivity contribution < 1.29 is 32.5 Å². The van der Waals surface area contributed by atoms with Crippen LogP contribution < -0.4 is 5.32 Å². The van der Waals surface area contributed by atoms with E-state index in [2.05, 4.69) is 5.32 Å². The Labute approximate surface area is 179 Å². The molecule has 2 aromatic carbocycles. The third-order valence-electron chi connectivity index (χ3n) is 5.58. The first-order valence-corrected chi connectivity index (χ1v) is 10.3. The zero-order chi connectivity index (χ0) is 22.3. The van der Waals surface area contributed by atoms with Crippen LogP contribution in [0.25, 0.3) is 11.1 Å². The molecule has 1 saturated heterocycles. The maximum Gasteiger partial charge on any atom is 0.464 e. The Kier molecular flexibility index (Phi) is 5.26. The van der Waals surface area contributed by atoms with Crippen LogP contribution in [0.3, 0.4) is 0 Å². The summed E-state index contributed by atoms with van der Waals surface area (Å²) in [4.78, 5) is 37.4. The van der Waals surface area contributed by atoms with Crippen molar-refractivity contribution in [1.82, 2.24) is 10.2 Å². The van der Waals surface area contributed by atoms with Gasteiger partial charge in [0.05, 0.1) is 13.1 Å². The van der Waals surface area contributed by atoms with Crippen LogP contribution in [0.1, 0.15) is 27.9 Å². The molecule has 0 spiro atoms. The lowest BCUT2D eigenvalue weighted by atomic mass is 10.0. The number of likely N-dealkylation sites (tertiary alicyclic amines) is 1. The second-order valence-electron chi connectivity index (χ2n) is 7.42. The molecule has 0 saturated carbocycles. The molecule has 1 heterocycles. The summed E-state index contributed by atoms with van der Waals surface area (Å²) in [6.07, 6.45) is 0.0433. The van der Waals surface area contributed by atoms with E-state index < -0.39 is 41.5 Å². The Morgan fingerprint density at radius 1 is 1.13 bits per heavy atom. The zero-order valence-corrected chi connectivity index (χ0v) is 16.8. The molecule has 31 heavy (non-hydrogen) atoms. The predicted molar refractivity (Wildman–Crippen MR) is 107 cm³/mol. The van der Waals surface area contributed by atoms with Gasteiger partial charge in [-0.1, -0.05) is 30.3 Å². The number of fused-ring (bicyclic) bond motifs is 3. The summed E-state index contributed by atoms with van der Waals surface area (Å²) >= 11 is 0.246. The fourth-order valence-corrected chi connectivity index (χ4v) is 4.54. The van der Waals surface area contributed by atoms with Gasteiger partial charge < -0.3 is 15.3 Å². The van der Waals surface area contributed by atoms with E-state index in [1.807, 2.05) is 0 Å². The highest BCUT2D eigenvalue weighted by Gasteiger charge is 2.46. The summed E-state index contributed by atoms with van der Waals surface area (Å²) in [5.41, 5.74) is 0.375. The van der Waals surface area contributed by atoms with Crippen LogP contribution in [-0.2, 0) is 31.4 Å². The minimum atomic E-state index is -3.16. The second-order valence-corrected chi connectivity index (χ2v) is 8.28. The lowest BCUT2D eigenvalue weighted by Crippen LogP contribution is -2.45. The van der Waals surface area contributed by atoms with Crippen molar-refractivity contribution in [3.05, 3.63) is 59.2 Å². The van der Waals surface area contributed by atoms with E-state index in [-0.39, 0.29) is 46.9 Å². The lowest BCUT2D eigenvalue weighted by Gasteiger charge is -2.20. The van der Waals surface area contributed by atoms with Crippen molar-refractivity contribution in [3.8, 4) is 11.1 Å². The molecule has 4 rings (SSSR count). The standard InChI is InChI=1S/C21H16F2N2O5S/c22-21(23)15-4-2-1-3-13(15)14-7-11(5-6-16(14)21)19(27)24-9-18(26)25-10-12(31-30)8-17(25)20(28)29/h1-7,12,17H,8-10H2,(H-,24,27,28,29)/p+1/t12-,17+/m1/s1. The average molecular weight is 447 g/mol. The van der Waals surface area contributed by atoms with Crippen LogP contribution in [0.4, 0.5) is 8.78 Å². The molecule has 7 nitrogen and oxygen atoms in total. The molecule has 10 heteroatoms. The molecule has 1 aliphatic heterocycles. The molecule has 1 fully saturated rings. The van der Waals surface area contributed by atoms with E-state index in [4.69, 9.17) is 0 Å². The first kappa shape index (κ1) is 21.0. The van der Waals surface area contributed by atoms with Gasteiger partial charge in [0.25, 0.3) is 17.1 Å². The molecule has 2 N–H and O–H groups in total. The number of alkyl halides is 2. The number of benzene rings is 2. The number of carboxylic acid groups (broad SMARTS) is 1. The molecule has 0 unspecified atom stereocenters. The maximum absolute atomic E-state index is 14.6. The van der Waals surface area contributed by atoms with Gasteiger partial charge in [-0.25, -0.2) is 4.79 Å². The zero-order valence-electron chi connectivity index (χ0n) is 16.0. The predicted octanol–water partition coefficient (Wildman–Crippen LogP) is 2.02. The monoisotopic (exact) mass is 447 g/mol. The summed E-state index contributed by atoms with van der Waals surface area (Å²) in [5.74, 6) is -5.65. The number of carbonyl (C=O) groups is 3. The van der Waals surface area contributed by atoms with Crippen molar-refractivity contribution >= 4 is 29.5 Å². The van der Waals surface area contributed by atoms with Crippen LogP contribution in [-0.4, -0.2) is 52.2 Å². The van der Waals surface area contributed by atoms with Gasteiger partial charge in [-0.3, -0.25) is 9.59 Å². The maximum atomic E-state index is 14.6. The Bertz CT molecular complexity index is 1110. The highest BCUT2D eigenvalue weighted by atomic mass is 32.1. The second kappa shape index (κ2) is 7.77. The van der Waals surface area contributed by atoms with Gasteiger partial charge in [-0.2, -0.15) is 8.78 Å². The Hall–Kier alpha value is -3.27. The summed E-state index contributed by atoms with van der Waals surface area (Å²) < 4.78 is 40.3. The average Bonchev–Trinajstić information content (AvgIpc) is 3.30. The molecule has 2 atom stereocenters. The number of amides is 2. The summed E-state index contributed by atoms with van der Waals surface area (Å²) in [5, 5.41) is 11.1. The van der Waals surface area contributed by atoms with E-state index in [9.17, 15) is 32.5 Å².